The third-order valence-corrected chi connectivity index (χ3v) is 5.47. The maximum atomic E-state index is 12.2. The molecule has 154 valence electrons. The third kappa shape index (κ3) is 6.03. The van der Waals surface area contributed by atoms with Crippen LogP contribution in [0.2, 0.25) is 5.02 Å². The molecule has 0 heterocycles. The molecule has 8 nitrogen and oxygen atoms in total. The van der Waals surface area contributed by atoms with Gasteiger partial charge in [-0.15, -0.1) is 0 Å². The monoisotopic (exact) mass is 437 g/mol. The second kappa shape index (κ2) is 9.53. The molecule has 0 bridgehead atoms. The number of hydrogen-bond donors (Lipinski definition) is 1. The van der Waals surface area contributed by atoms with Gasteiger partial charge in [0.05, 0.1) is 30.8 Å². The molecule has 0 fully saturated rings. The lowest BCUT2D eigenvalue weighted by Crippen LogP contribution is -2.39. The lowest BCUT2D eigenvalue weighted by Gasteiger charge is -2.23. The van der Waals surface area contributed by atoms with Crippen molar-refractivity contribution in [3.63, 3.8) is 0 Å². The number of rotatable bonds is 7. The molecule has 29 heavy (non-hydrogen) atoms. The van der Waals surface area contributed by atoms with Crippen LogP contribution in [0.1, 0.15) is 21.5 Å². The molecule has 1 N–H and O–H groups in total. The van der Waals surface area contributed by atoms with E-state index in [1.54, 1.807) is 49.4 Å². The minimum absolute atomic E-state index is 0.317. The Morgan fingerprint density at radius 2 is 1.86 bits per heavy atom. The number of nitrogens with one attached hydrogen (secondary N) is 1. The fraction of sp³-hybridized carbons (Fsp3) is 0.211. The average Bonchev–Trinajstić information content (AvgIpc) is 2.67. The molecule has 0 aliphatic carbocycles. The van der Waals surface area contributed by atoms with Gasteiger partial charge < -0.3 is 4.74 Å². The van der Waals surface area contributed by atoms with Crippen LogP contribution in [0.4, 0.5) is 5.69 Å². The van der Waals surface area contributed by atoms with Gasteiger partial charge in [0, 0.05) is 5.02 Å². The van der Waals surface area contributed by atoms with Crippen LogP contribution in [0.3, 0.4) is 0 Å². The van der Waals surface area contributed by atoms with Gasteiger partial charge in [-0.05, 0) is 42.3 Å². The first kappa shape index (κ1) is 22.4. The van der Waals surface area contributed by atoms with Gasteiger partial charge in [0.25, 0.3) is 5.91 Å². The number of nitrogens with zero attached hydrogens (tertiary/aromatic N) is 2. The summed E-state index contributed by atoms with van der Waals surface area (Å²) in [5.74, 6) is -1.09. The van der Waals surface area contributed by atoms with Crippen molar-refractivity contribution in [2.75, 3.05) is 24.2 Å². The molecule has 0 aliphatic rings. The molecule has 1 amide bonds. The first-order valence-corrected chi connectivity index (χ1v) is 10.6. The molecule has 2 rings (SSSR count). The van der Waals surface area contributed by atoms with Crippen LogP contribution in [0.25, 0.3) is 0 Å². The summed E-state index contributed by atoms with van der Waals surface area (Å²) in [5.41, 5.74) is 4.16. The number of halogens is 1. The third-order valence-electron chi connectivity index (χ3n) is 3.93. The minimum Gasteiger partial charge on any atom is -0.465 e. The summed E-state index contributed by atoms with van der Waals surface area (Å²) in [6.45, 7) is 1.21. The number of ether oxygens (including phenoxy) is 1. The van der Waals surface area contributed by atoms with Crippen LogP contribution in [-0.4, -0.2) is 46.4 Å². The topological polar surface area (TPSA) is 105 Å². The van der Waals surface area contributed by atoms with E-state index in [4.69, 9.17) is 11.6 Å². The van der Waals surface area contributed by atoms with E-state index in [2.05, 4.69) is 15.3 Å². The molecule has 0 atom stereocenters. The number of benzene rings is 2. The van der Waals surface area contributed by atoms with Crippen molar-refractivity contribution in [1.29, 1.82) is 0 Å². The minimum atomic E-state index is -3.73. The molecule has 0 saturated heterocycles. The summed E-state index contributed by atoms with van der Waals surface area (Å²) in [6, 6.07) is 11.2. The lowest BCUT2D eigenvalue weighted by atomic mass is 10.1. The van der Waals surface area contributed by atoms with Crippen molar-refractivity contribution >= 4 is 45.4 Å². The van der Waals surface area contributed by atoms with Gasteiger partial charge in [-0.25, -0.2) is 18.6 Å². The molecule has 0 aliphatic heterocycles. The predicted octanol–water partition coefficient (Wildman–Crippen LogP) is 2.35. The summed E-state index contributed by atoms with van der Waals surface area (Å²) in [4.78, 5) is 23.6. The summed E-state index contributed by atoms with van der Waals surface area (Å²) in [7, 11) is -2.44. The smallest absolute Gasteiger partial charge is 0.337 e. The van der Waals surface area contributed by atoms with E-state index in [-0.39, 0.29) is 0 Å². The Labute approximate surface area is 174 Å². The number of anilines is 1. The van der Waals surface area contributed by atoms with Crippen molar-refractivity contribution in [3.8, 4) is 0 Å². The summed E-state index contributed by atoms with van der Waals surface area (Å²) in [5, 5.41) is 4.21. The van der Waals surface area contributed by atoms with Crippen LogP contribution in [0, 0.1) is 6.92 Å². The van der Waals surface area contributed by atoms with Gasteiger partial charge in [0.15, 0.2) is 0 Å². The average molecular weight is 438 g/mol. The standard InChI is InChI=1S/C19H20ClN3O5S/c1-13-16(20)5-4-6-17(13)23(29(3,26)27)12-18(24)22-21-11-14-7-9-15(10-8-14)19(25)28-2/h4-11H,12H2,1-3H3,(H,22,24)/b21-11-. The molecule has 2 aromatic carbocycles. The van der Waals surface area contributed by atoms with Gasteiger partial charge in [0.2, 0.25) is 10.0 Å². The van der Waals surface area contributed by atoms with Crippen LogP contribution < -0.4 is 9.73 Å². The van der Waals surface area contributed by atoms with E-state index in [1.165, 1.54) is 13.3 Å². The SMILES string of the molecule is COC(=O)c1ccc(/C=N\NC(=O)CN(c2cccc(Cl)c2C)S(C)(=O)=O)cc1. The second-order valence-corrected chi connectivity index (χ2v) is 8.37. The second-order valence-electron chi connectivity index (χ2n) is 6.06. The van der Waals surface area contributed by atoms with Gasteiger partial charge in [0.1, 0.15) is 6.54 Å². The molecule has 10 heteroatoms. The van der Waals surface area contributed by atoms with Crippen LogP contribution in [-0.2, 0) is 19.6 Å². The lowest BCUT2D eigenvalue weighted by molar-refractivity contribution is -0.119. The summed E-state index contributed by atoms with van der Waals surface area (Å²) in [6.07, 6.45) is 2.38. The number of carbonyl (C=O) groups excluding carboxylic acids is 2. The molecular weight excluding hydrogens is 418 g/mol. The van der Waals surface area contributed by atoms with Crippen LogP contribution in [0.15, 0.2) is 47.6 Å². The zero-order chi connectivity index (χ0) is 21.6. The van der Waals surface area contributed by atoms with E-state index in [9.17, 15) is 18.0 Å². The predicted molar refractivity (Wildman–Crippen MR) is 112 cm³/mol. The fourth-order valence-electron chi connectivity index (χ4n) is 2.42. The highest BCUT2D eigenvalue weighted by Crippen LogP contribution is 2.27. The number of hydrazone groups is 1. The first-order chi connectivity index (χ1) is 13.6. The first-order valence-electron chi connectivity index (χ1n) is 8.36. The van der Waals surface area contributed by atoms with Gasteiger partial charge in [-0.2, -0.15) is 5.10 Å². The zero-order valence-electron chi connectivity index (χ0n) is 16.0. The molecule has 2 aromatic rings. The van der Waals surface area contributed by atoms with Crippen molar-refractivity contribution in [3.05, 3.63) is 64.2 Å². The Kier molecular flexibility index (Phi) is 7.35. The van der Waals surface area contributed by atoms with Crippen molar-refractivity contribution in [1.82, 2.24) is 5.43 Å². The molecule has 0 saturated carbocycles. The van der Waals surface area contributed by atoms with E-state index < -0.39 is 28.4 Å². The van der Waals surface area contributed by atoms with E-state index in [1.807, 2.05) is 0 Å². The molecule has 0 radical (unpaired) electrons. The zero-order valence-corrected chi connectivity index (χ0v) is 17.6. The number of methoxy groups -OCH3 is 1. The number of esters is 1. The van der Waals surface area contributed by atoms with Gasteiger partial charge in [-0.3, -0.25) is 9.10 Å². The van der Waals surface area contributed by atoms with Crippen molar-refractivity contribution in [2.24, 2.45) is 5.10 Å². The normalized spacial score (nSPS) is 11.3. The maximum Gasteiger partial charge on any atom is 0.337 e. The van der Waals surface area contributed by atoms with Crippen molar-refractivity contribution < 1.29 is 22.7 Å². The van der Waals surface area contributed by atoms with E-state index in [0.717, 1.165) is 10.6 Å². The van der Waals surface area contributed by atoms with Crippen LogP contribution in [0.5, 0.6) is 0 Å². The van der Waals surface area contributed by atoms with Crippen molar-refractivity contribution in [2.45, 2.75) is 6.92 Å². The van der Waals surface area contributed by atoms with Gasteiger partial charge in [-0.1, -0.05) is 29.8 Å². The largest absolute Gasteiger partial charge is 0.465 e. The highest BCUT2D eigenvalue weighted by molar-refractivity contribution is 7.92. The van der Waals surface area contributed by atoms with Gasteiger partial charge >= 0.3 is 5.97 Å². The Bertz CT molecular complexity index is 1040. The number of amides is 1. The Balaban J connectivity index is 2.08. The Morgan fingerprint density at radius 3 is 2.45 bits per heavy atom. The highest BCUT2D eigenvalue weighted by Gasteiger charge is 2.22. The van der Waals surface area contributed by atoms with Crippen LogP contribution >= 0.6 is 11.6 Å². The molecule has 0 aromatic heterocycles. The highest BCUT2D eigenvalue weighted by atomic mass is 35.5. The number of sulfonamides is 1. The Hall–Kier alpha value is -2.91. The summed E-state index contributed by atoms with van der Waals surface area (Å²) >= 11 is 6.06. The summed E-state index contributed by atoms with van der Waals surface area (Å²) < 4.78 is 29.9. The Morgan fingerprint density at radius 1 is 1.21 bits per heavy atom. The maximum absolute atomic E-state index is 12.2. The number of hydrogen-bond acceptors (Lipinski definition) is 6. The fourth-order valence-corrected chi connectivity index (χ4v) is 3.49. The quantitative estimate of drug-likeness (QED) is 0.406. The number of carbonyl (C=O) groups is 2. The molecule has 0 spiro atoms. The van der Waals surface area contributed by atoms with E-state index >= 15 is 0 Å². The molecular formula is C19H20ClN3O5S. The molecule has 0 unspecified atom stereocenters. The van der Waals surface area contributed by atoms with E-state index in [0.29, 0.717) is 27.4 Å².